The summed E-state index contributed by atoms with van der Waals surface area (Å²) in [5.74, 6) is -0.700. The van der Waals surface area contributed by atoms with Crippen molar-refractivity contribution in [2.45, 2.75) is 27.7 Å². The molecule has 0 saturated heterocycles. The zero-order chi connectivity index (χ0) is 24.1. The maximum Gasteiger partial charge on any atom is 0.283 e. The number of nitrogens with one attached hydrogen (secondary N) is 1. The molecule has 0 radical (unpaired) electrons. The Morgan fingerprint density at radius 2 is 1.71 bits per heavy atom. The third-order valence-corrected chi connectivity index (χ3v) is 7.01. The van der Waals surface area contributed by atoms with Crippen LogP contribution in [0, 0.1) is 38.9 Å². The second kappa shape index (κ2) is 8.25. The van der Waals surface area contributed by atoms with Gasteiger partial charge in [0.2, 0.25) is 0 Å². The number of rotatable bonds is 3. The van der Waals surface area contributed by atoms with E-state index in [1.807, 2.05) is 31.4 Å². The van der Waals surface area contributed by atoms with Crippen molar-refractivity contribution in [2.24, 2.45) is 4.99 Å². The van der Waals surface area contributed by atoms with E-state index in [-0.39, 0.29) is 17.2 Å². The van der Waals surface area contributed by atoms with E-state index in [9.17, 15) is 9.18 Å². The van der Waals surface area contributed by atoms with Crippen LogP contribution < -0.4 is 0 Å². The van der Waals surface area contributed by atoms with Gasteiger partial charge in [-0.3, -0.25) is 15.1 Å². The molecule has 0 bridgehead atoms. The van der Waals surface area contributed by atoms with Crippen LogP contribution in [0.4, 0.5) is 4.39 Å². The molecule has 1 amide bonds. The first-order valence-electron chi connectivity index (χ1n) is 10.9. The van der Waals surface area contributed by atoms with Gasteiger partial charge in [0, 0.05) is 16.8 Å². The minimum Gasteiger partial charge on any atom is -0.317 e. The first-order chi connectivity index (χ1) is 16.3. The van der Waals surface area contributed by atoms with Gasteiger partial charge in [-0.05, 0) is 86.4 Å². The van der Waals surface area contributed by atoms with Gasteiger partial charge in [0.05, 0.1) is 17.0 Å². The number of hydrogen-bond acceptors (Lipinski definition) is 3. The fourth-order valence-corrected chi connectivity index (χ4v) is 5.41. The zero-order valence-electron chi connectivity index (χ0n) is 19.3. The molecule has 1 N–H and O–H groups in total. The fraction of sp³-hybridized carbons (Fsp3) is 0.148. The Balaban J connectivity index is 1.57. The quantitative estimate of drug-likeness (QED) is 0.467. The van der Waals surface area contributed by atoms with Crippen molar-refractivity contribution < 1.29 is 9.18 Å². The van der Waals surface area contributed by atoms with Crippen molar-refractivity contribution in [1.29, 1.82) is 5.41 Å². The van der Waals surface area contributed by atoms with E-state index in [1.54, 1.807) is 23.1 Å². The lowest BCUT2D eigenvalue weighted by molar-refractivity contribution is -0.114. The first kappa shape index (κ1) is 22.1. The van der Waals surface area contributed by atoms with Crippen LogP contribution in [0.1, 0.15) is 33.6 Å². The van der Waals surface area contributed by atoms with Crippen LogP contribution in [-0.4, -0.2) is 26.4 Å². The lowest BCUT2D eigenvalue weighted by atomic mass is 10.1. The summed E-state index contributed by atoms with van der Waals surface area (Å²) in [4.78, 5) is 18.8. The number of nitrogens with zero attached hydrogens (tertiary/aromatic N) is 3. The molecule has 2 aliphatic rings. The average Bonchev–Trinajstić information content (AvgIpc) is 3.33. The lowest BCUT2D eigenvalue weighted by Gasteiger charge is -2.27. The van der Waals surface area contributed by atoms with Crippen LogP contribution in [0.3, 0.4) is 0 Å². The Bertz CT molecular complexity index is 1440. The largest absolute Gasteiger partial charge is 0.317 e. The molecule has 2 aliphatic heterocycles. The van der Waals surface area contributed by atoms with Crippen molar-refractivity contribution in [3.63, 3.8) is 0 Å². The van der Waals surface area contributed by atoms with Gasteiger partial charge >= 0.3 is 0 Å². The van der Waals surface area contributed by atoms with Crippen molar-refractivity contribution in [1.82, 2.24) is 9.47 Å². The van der Waals surface area contributed by atoms with Gasteiger partial charge in [0.15, 0.2) is 5.17 Å². The number of thioether (sulfide) groups is 1. The fourth-order valence-electron chi connectivity index (χ4n) is 4.52. The number of amides is 1. The van der Waals surface area contributed by atoms with Crippen molar-refractivity contribution in [3.05, 3.63) is 99.0 Å². The molecule has 1 aromatic heterocycles. The highest BCUT2D eigenvalue weighted by atomic mass is 32.2. The molecule has 0 fully saturated rings. The molecule has 7 heteroatoms. The summed E-state index contributed by atoms with van der Waals surface area (Å²) in [7, 11) is 0. The summed E-state index contributed by atoms with van der Waals surface area (Å²) in [5, 5.41) is 11.1. The minimum absolute atomic E-state index is 0.0625. The summed E-state index contributed by atoms with van der Waals surface area (Å²) in [6.07, 6.45) is 1.75. The SMILES string of the molecule is Cc1cccc(C)c1-n1c(C)cc(/C=C2/C(=N)N3C(c4ccc(F)cc4)=CSC3=NC2=O)c1C. The average molecular weight is 471 g/mol. The molecule has 0 saturated carbocycles. The second-order valence-electron chi connectivity index (χ2n) is 8.47. The predicted octanol–water partition coefficient (Wildman–Crippen LogP) is 6.15. The van der Waals surface area contributed by atoms with E-state index in [0.29, 0.717) is 10.9 Å². The highest BCUT2D eigenvalue weighted by Crippen LogP contribution is 2.38. The maximum atomic E-state index is 13.4. The van der Waals surface area contributed by atoms with Crippen LogP contribution >= 0.6 is 11.8 Å². The van der Waals surface area contributed by atoms with E-state index in [1.165, 1.54) is 35.0 Å². The first-order valence-corrected chi connectivity index (χ1v) is 11.8. The van der Waals surface area contributed by atoms with Gasteiger partial charge in [-0.15, -0.1) is 0 Å². The Labute approximate surface area is 201 Å². The molecular formula is C27H23FN4OS. The van der Waals surface area contributed by atoms with E-state index in [2.05, 4.69) is 35.5 Å². The van der Waals surface area contributed by atoms with E-state index >= 15 is 0 Å². The van der Waals surface area contributed by atoms with Crippen LogP contribution in [0.2, 0.25) is 0 Å². The van der Waals surface area contributed by atoms with Gasteiger partial charge in [-0.1, -0.05) is 30.0 Å². The summed E-state index contributed by atoms with van der Waals surface area (Å²) in [6.45, 7) is 8.23. The van der Waals surface area contributed by atoms with Crippen molar-refractivity contribution in [2.75, 3.05) is 0 Å². The van der Waals surface area contributed by atoms with Gasteiger partial charge in [-0.2, -0.15) is 4.99 Å². The number of hydrogen-bond donors (Lipinski definition) is 1. The number of aliphatic imine (C=N–C) groups is 1. The minimum atomic E-state index is -0.436. The number of para-hydroxylation sites is 1. The Morgan fingerprint density at radius 3 is 2.38 bits per heavy atom. The summed E-state index contributed by atoms with van der Waals surface area (Å²) in [5.41, 5.74) is 8.04. The zero-order valence-corrected chi connectivity index (χ0v) is 20.1. The predicted molar refractivity (Wildman–Crippen MR) is 137 cm³/mol. The molecule has 170 valence electrons. The number of carbonyl (C=O) groups excluding carboxylic acids is 1. The van der Waals surface area contributed by atoms with Gasteiger partial charge in [0.1, 0.15) is 11.7 Å². The third-order valence-electron chi connectivity index (χ3n) is 6.19. The number of halogens is 1. The molecule has 5 nitrogen and oxygen atoms in total. The standard InChI is InChI=1S/C27H23FN4OS/c1-15-6-5-7-16(2)24(15)31-17(3)12-20(18(31)4)13-22-25(29)32-23(14-34-27(32)30-26(22)33)19-8-10-21(28)11-9-19/h5-14,29H,1-4H3/b22-13-,29-25?. The van der Waals surface area contributed by atoms with Crippen molar-refractivity contribution in [3.8, 4) is 5.69 Å². The number of aromatic nitrogens is 1. The van der Waals surface area contributed by atoms with Gasteiger partial charge in [-0.25, -0.2) is 4.39 Å². The number of aryl methyl sites for hydroxylation is 3. The van der Waals surface area contributed by atoms with E-state index in [0.717, 1.165) is 28.2 Å². The Kier molecular flexibility index (Phi) is 5.37. The Morgan fingerprint density at radius 1 is 1.03 bits per heavy atom. The van der Waals surface area contributed by atoms with Crippen LogP contribution in [0.15, 0.2) is 64.5 Å². The molecule has 0 atom stereocenters. The lowest BCUT2D eigenvalue weighted by Crippen LogP contribution is -2.38. The second-order valence-corrected chi connectivity index (χ2v) is 9.31. The van der Waals surface area contributed by atoms with E-state index < -0.39 is 5.91 Å². The molecule has 3 aromatic rings. The van der Waals surface area contributed by atoms with Crippen LogP contribution in [-0.2, 0) is 4.79 Å². The highest BCUT2D eigenvalue weighted by molar-refractivity contribution is 8.17. The maximum absolute atomic E-state index is 13.4. The molecule has 34 heavy (non-hydrogen) atoms. The number of benzene rings is 2. The van der Waals surface area contributed by atoms with Crippen molar-refractivity contribution >= 4 is 40.4 Å². The smallest absolute Gasteiger partial charge is 0.283 e. The van der Waals surface area contributed by atoms with E-state index in [4.69, 9.17) is 5.41 Å². The van der Waals surface area contributed by atoms with Crippen LogP contribution in [0.25, 0.3) is 17.5 Å². The van der Waals surface area contributed by atoms with Gasteiger partial charge in [0.25, 0.3) is 5.91 Å². The summed E-state index contributed by atoms with van der Waals surface area (Å²) < 4.78 is 15.6. The monoisotopic (exact) mass is 470 g/mol. The van der Waals surface area contributed by atoms with Gasteiger partial charge < -0.3 is 4.57 Å². The molecule has 2 aromatic carbocycles. The summed E-state index contributed by atoms with van der Waals surface area (Å²) >= 11 is 1.29. The number of amidine groups is 2. The molecule has 5 rings (SSSR count). The molecule has 0 unspecified atom stereocenters. The number of fused-ring (bicyclic) bond motifs is 1. The molecule has 3 heterocycles. The third kappa shape index (κ3) is 3.53. The topological polar surface area (TPSA) is 61.5 Å². The summed E-state index contributed by atoms with van der Waals surface area (Å²) in [6, 6.07) is 14.3. The Hall–Kier alpha value is -3.71. The molecule has 0 aliphatic carbocycles. The normalized spacial score (nSPS) is 16.7. The molecular weight excluding hydrogens is 447 g/mol. The van der Waals surface area contributed by atoms with Crippen LogP contribution in [0.5, 0.6) is 0 Å². The number of carbonyl (C=O) groups is 1. The molecule has 0 spiro atoms. The highest BCUT2D eigenvalue weighted by Gasteiger charge is 2.36.